The van der Waals surface area contributed by atoms with Gasteiger partial charge in [-0.2, -0.15) is 0 Å². The van der Waals surface area contributed by atoms with Crippen LogP contribution in [-0.2, 0) is 30.3 Å². The number of methoxy groups -OCH3 is 1. The first kappa shape index (κ1) is 29.1. The minimum Gasteiger partial charge on any atom is -0.497 e. The van der Waals surface area contributed by atoms with E-state index in [-0.39, 0.29) is 12.5 Å². The monoisotopic (exact) mass is 518 g/mol. The molecule has 196 valence electrons. The Bertz CT molecular complexity index is 1020. The topological polar surface area (TPSA) is 108 Å². The van der Waals surface area contributed by atoms with Crippen LogP contribution in [0.4, 0.5) is 5.69 Å². The van der Waals surface area contributed by atoms with Crippen molar-refractivity contribution in [1.82, 2.24) is 0 Å². The number of halogens is 1. The molecule has 0 unspecified atom stereocenters. The van der Waals surface area contributed by atoms with E-state index in [2.05, 4.69) is 0 Å². The van der Waals surface area contributed by atoms with Gasteiger partial charge in [-0.05, 0) is 43.4 Å². The third kappa shape index (κ3) is 8.24. The lowest BCUT2D eigenvalue weighted by atomic mass is 10.0. The molecule has 0 spiro atoms. The number of benzene rings is 2. The van der Waals surface area contributed by atoms with Gasteiger partial charge >= 0.3 is 17.9 Å². The molecule has 0 saturated heterocycles. The highest BCUT2D eigenvalue weighted by molar-refractivity contribution is 6.33. The van der Waals surface area contributed by atoms with Gasteiger partial charge < -0.3 is 24.8 Å². The van der Waals surface area contributed by atoms with Crippen LogP contribution in [0.5, 0.6) is 5.75 Å². The lowest BCUT2D eigenvalue weighted by Gasteiger charge is -2.32. The van der Waals surface area contributed by atoms with E-state index in [4.69, 9.17) is 31.5 Å². The number of hydrogen-bond donors (Lipinski definition) is 1. The first-order chi connectivity index (χ1) is 17.2. The van der Waals surface area contributed by atoms with Gasteiger partial charge in [0.1, 0.15) is 24.4 Å². The number of esters is 3. The predicted octanol–water partition coefficient (Wildman–Crippen LogP) is 4.16. The highest BCUT2D eigenvalue weighted by atomic mass is 35.5. The molecule has 0 aliphatic rings. The van der Waals surface area contributed by atoms with Gasteiger partial charge in [0.2, 0.25) is 0 Å². The van der Waals surface area contributed by atoms with E-state index in [1.807, 2.05) is 37.3 Å². The van der Waals surface area contributed by atoms with E-state index >= 15 is 0 Å². The average Bonchev–Trinajstić information content (AvgIpc) is 2.88. The summed E-state index contributed by atoms with van der Waals surface area (Å²) in [5.41, 5.74) is 7.32. The van der Waals surface area contributed by atoms with E-state index in [9.17, 15) is 14.4 Å². The molecule has 2 aromatic rings. The first-order valence-electron chi connectivity index (χ1n) is 12.0. The molecule has 0 saturated carbocycles. The van der Waals surface area contributed by atoms with Gasteiger partial charge in [0.15, 0.2) is 0 Å². The normalized spacial score (nSPS) is 13.3. The number of rotatable bonds is 13. The Balaban J connectivity index is 2.41. The van der Waals surface area contributed by atoms with Gasteiger partial charge in [-0.25, -0.2) is 14.4 Å². The van der Waals surface area contributed by atoms with Gasteiger partial charge in [0, 0.05) is 6.07 Å². The van der Waals surface area contributed by atoms with Gasteiger partial charge in [0.05, 0.1) is 24.4 Å². The smallest absolute Gasteiger partial charge is 0.333 e. The van der Waals surface area contributed by atoms with Crippen LogP contribution in [0.2, 0.25) is 5.02 Å². The SMILES string of the molecule is CCOC(=O)[C@H](CCc1ccccc1)N(CC(=O)OC(=O)[C@@H](N)[C@@H](C)CC)c1cc(OC)ccc1Cl. The van der Waals surface area contributed by atoms with E-state index in [0.717, 1.165) is 5.56 Å². The van der Waals surface area contributed by atoms with Gasteiger partial charge in [-0.1, -0.05) is 62.2 Å². The first-order valence-corrected chi connectivity index (χ1v) is 12.4. The number of ether oxygens (including phenoxy) is 3. The third-order valence-corrected chi connectivity index (χ3v) is 6.31. The summed E-state index contributed by atoms with van der Waals surface area (Å²) < 4.78 is 15.7. The van der Waals surface area contributed by atoms with Gasteiger partial charge in [0.25, 0.3) is 0 Å². The Labute approximate surface area is 217 Å². The van der Waals surface area contributed by atoms with Crippen LogP contribution in [0.25, 0.3) is 0 Å². The fourth-order valence-electron chi connectivity index (χ4n) is 3.63. The number of hydrogen-bond acceptors (Lipinski definition) is 8. The Morgan fingerprint density at radius 2 is 1.75 bits per heavy atom. The number of carbonyl (C=O) groups excluding carboxylic acids is 3. The lowest BCUT2D eigenvalue weighted by Crippen LogP contribution is -2.47. The lowest BCUT2D eigenvalue weighted by molar-refractivity contribution is -0.160. The molecular formula is C27H35ClN2O6. The maximum absolute atomic E-state index is 13.1. The van der Waals surface area contributed by atoms with Crippen molar-refractivity contribution in [1.29, 1.82) is 0 Å². The van der Waals surface area contributed by atoms with Crippen LogP contribution in [0, 0.1) is 5.92 Å². The number of carbonyl (C=O) groups is 3. The average molecular weight is 519 g/mol. The fraction of sp³-hybridized carbons (Fsp3) is 0.444. The van der Waals surface area contributed by atoms with E-state index in [1.54, 1.807) is 32.0 Å². The van der Waals surface area contributed by atoms with Crippen molar-refractivity contribution in [2.75, 3.05) is 25.2 Å². The zero-order valence-corrected chi connectivity index (χ0v) is 22.0. The molecule has 0 aliphatic heterocycles. The van der Waals surface area contributed by atoms with Crippen LogP contribution in [0.1, 0.15) is 39.2 Å². The molecule has 0 fully saturated rings. The maximum Gasteiger partial charge on any atom is 0.333 e. The summed E-state index contributed by atoms with van der Waals surface area (Å²) in [7, 11) is 1.50. The summed E-state index contributed by atoms with van der Waals surface area (Å²) >= 11 is 6.50. The van der Waals surface area contributed by atoms with Gasteiger partial charge in [-0.3, -0.25) is 0 Å². The van der Waals surface area contributed by atoms with Crippen molar-refractivity contribution in [2.45, 2.75) is 52.1 Å². The highest BCUT2D eigenvalue weighted by Gasteiger charge is 2.32. The second kappa shape index (κ2) is 14.5. The molecule has 3 atom stereocenters. The number of anilines is 1. The minimum atomic E-state index is -0.938. The molecule has 0 heterocycles. The van der Waals surface area contributed by atoms with Crippen LogP contribution in [0.3, 0.4) is 0 Å². The van der Waals surface area contributed by atoms with E-state index < -0.39 is 36.5 Å². The van der Waals surface area contributed by atoms with E-state index in [0.29, 0.717) is 35.7 Å². The molecule has 9 heteroatoms. The number of nitrogens with zero attached hydrogens (tertiary/aromatic N) is 1. The molecule has 36 heavy (non-hydrogen) atoms. The zero-order valence-electron chi connectivity index (χ0n) is 21.2. The minimum absolute atomic E-state index is 0.160. The van der Waals surface area contributed by atoms with Crippen LogP contribution >= 0.6 is 11.6 Å². The largest absolute Gasteiger partial charge is 0.497 e. The van der Waals surface area contributed by atoms with Crippen molar-refractivity contribution in [3.05, 3.63) is 59.1 Å². The molecule has 2 rings (SSSR count). The molecule has 2 aromatic carbocycles. The van der Waals surface area contributed by atoms with Crippen molar-refractivity contribution >= 4 is 35.2 Å². The molecular weight excluding hydrogens is 484 g/mol. The Morgan fingerprint density at radius 3 is 2.36 bits per heavy atom. The Hall–Kier alpha value is -3.10. The standard InChI is InChI=1S/C27H35ClN2O6/c1-5-18(3)25(29)27(33)36-24(31)17-30(23-16-20(34-4)13-14-21(23)28)22(26(32)35-6-2)15-12-19-10-8-7-9-11-19/h7-11,13-14,16,18,22,25H,5-6,12,15,17,29H2,1-4H3/t18-,22-,25-/m0/s1. The Kier molecular flexibility index (Phi) is 11.7. The molecule has 8 nitrogen and oxygen atoms in total. The van der Waals surface area contributed by atoms with E-state index in [1.165, 1.54) is 12.0 Å². The van der Waals surface area contributed by atoms with Crippen molar-refractivity contribution < 1.29 is 28.6 Å². The van der Waals surface area contributed by atoms with Gasteiger partial charge in [-0.15, -0.1) is 0 Å². The quantitative estimate of drug-likeness (QED) is 0.311. The second-order valence-corrected chi connectivity index (χ2v) is 8.85. The summed E-state index contributed by atoms with van der Waals surface area (Å²) in [6.45, 7) is 5.14. The highest BCUT2D eigenvalue weighted by Crippen LogP contribution is 2.33. The predicted molar refractivity (Wildman–Crippen MR) is 139 cm³/mol. The Morgan fingerprint density at radius 1 is 1.06 bits per heavy atom. The summed E-state index contributed by atoms with van der Waals surface area (Å²) in [4.78, 5) is 39.9. The van der Waals surface area contributed by atoms with Crippen LogP contribution in [-0.4, -0.2) is 50.3 Å². The molecule has 0 radical (unpaired) electrons. The fourth-order valence-corrected chi connectivity index (χ4v) is 3.85. The molecule has 2 N–H and O–H groups in total. The molecule has 0 bridgehead atoms. The van der Waals surface area contributed by atoms with Crippen LogP contribution < -0.4 is 15.4 Å². The summed E-state index contributed by atoms with van der Waals surface area (Å²) in [6, 6.07) is 12.7. The van der Waals surface area contributed by atoms with Crippen molar-refractivity contribution in [3.8, 4) is 5.75 Å². The summed E-state index contributed by atoms with van der Waals surface area (Å²) in [5, 5.41) is 0.292. The molecule has 0 aromatic heterocycles. The second-order valence-electron chi connectivity index (χ2n) is 8.44. The molecule has 0 amide bonds. The number of aryl methyl sites for hydroxylation is 1. The molecule has 0 aliphatic carbocycles. The third-order valence-electron chi connectivity index (χ3n) is 5.99. The zero-order chi connectivity index (χ0) is 26.7. The maximum atomic E-state index is 13.1. The van der Waals surface area contributed by atoms with Crippen molar-refractivity contribution in [3.63, 3.8) is 0 Å². The summed E-state index contributed by atoms with van der Waals surface area (Å²) in [5.74, 6) is -1.88. The number of nitrogens with two attached hydrogens (primary N) is 1. The summed E-state index contributed by atoms with van der Waals surface area (Å²) in [6.07, 6.45) is 1.51. The van der Waals surface area contributed by atoms with Crippen LogP contribution in [0.15, 0.2) is 48.5 Å². The van der Waals surface area contributed by atoms with Crippen molar-refractivity contribution in [2.24, 2.45) is 11.7 Å².